The highest BCUT2D eigenvalue weighted by Crippen LogP contribution is 2.50. The van der Waals surface area contributed by atoms with Crippen LogP contribution in [0.4, 0.5) is 0 Å². The average Bonchev–Trinajstić information content (AvgIpc) is 3.05. The van der Waals surface area contributed by atoms with Crippen molar-refractivity contribution < 1.29 is 4.74 Å². The van der Waals surface area contributed by atoms with Gasteiger partial charge in [-0.1, -0.05) is 0 Å². The van der Waals surface area contributed by atoms with Gasteiger partial charge >= 0.3 is 0 Å². The van der Waals surface area contributed by atoms with Gasteiger partial charge < -0.3 is 9.30 Å². The van der Waals surface area contributed by atoms with Crippen LogP contribution in [0.5, 0.6) is 0 Å². The van der Waals surface area contributed by atoms with E-state index in [2.05, 4.69) is 16.6 Å². The number of ether oxygens (including phenoxy) is 1. The summed E-state index contributed by atoms with van der Waals surface area (Å²) in [6, 6.07) is 0. The third-order valence-electron chi connectivity index (χ3n) is 4.58. The van der Waals surface area contributed by atoms with Gasteiger partial charge in [0.05, 0.1) is 11.6 Å². The minimum atomic E-state index is 0.362. The Hall–Kier alpha value is -1.07. The number of hydrogen-bond acceptors (Lipinski definition) is 3. The van der Waals surface area contributed by atoms with E-state index in [9.17, 15) is 0 Å². The van der Waals surface area contributed by atoms with Gasteiger partial charge in [0.1, 0.15) is 11.3 Å². The number of aromatic nitrogens is 4. The van der Waals surface area contributed by atoms with Crippen molar-refractivity contribution in [1.82, 2.24) is 19.3 Å². The minimum absolute atomic E-state index is 0.362. The van der Waals surface area contributed by atoms with Crippen LogP contribution in [0.25, 0.3) is 11.2 Å². The molecular formula is C15H23ClN4O. The highest BCUT2D eigenvalue weighted by molar-refractivity contribution is 6.16. The molecule has 0 radical (unpaired) electrons. The molecule has 0 unspecified atom stereocenters. The minimum Gasteiger partial charge on any atom is -0.385 e. The predicted molar refractivity (Wildman–Crippen MR) is 83.6 cm³/mol. The summed E-state index contributed by atoms with van der Waals surface area (Å²) in [4.78, 5) is 4.71. The van der Waals surface area contributed by atoms with Crippen molar-refractivity contribution in [3.8, 4) is 0 Å². The van der Waals surface area contributed by atoms with Gasteiger partial charge in [0, 0.05) is 26.8 Å². The number of fused-ring (bicyclic) bond motifs is 1. The summed E-state index contributed by atoms with van der Waals surface area (Å²) in [6.07, 6.45) is 3.62. The molecule has 1 aliphatic rings. The first-order valence-corrected chi connectivity index (χ1v) is 8.15. The smallest absolute Gasteiger partial charge is 0.158 e. The molecule has 1 saturated carbocycles. The van der Waals surface area contributed by atoms with Crippen LogP contribution in [0, 0.1) is 12.3 Å². The van der Waals surface area contributed by atoms with Crippen LogP contribution in [0.3, 0.4) is 0 Å². The first-order chi connectivity index (χ1) is 10.1. The first-order valence-electron chi connectivity index (χ1n) is 7.61. The summed E-state index contributed by atoms with van der Waals surface area (Å²) in [6.45, 7) is 6.77. The lowest BCUT2D eigenvalue weighted by Crippen LogP contribution is -2.17. The van der Waals surface area contributed by atoms with E-state index in [1.165, 1.54) is 12.8 Å². The zero-order valence-corrected chi connectivity index (χ0v) is 13.8. The van der Waals surface area contributed by atoms with E-state index in [0.717, 1.165) is 48.8 Å². The lowest BCUT2D eigenvalue weighted by molar-refractivity contribution is 0.167. The average molecular weight is 311 g/mol. The molecule has 2 heterocycles. The molecule has 0 spiro atoms. The quantitative estimate of drug-likeness (QED) is 0.738. The number of aryl methyl sites for hydroxylation is 2. The van der Waals surface area contributed by atoms with Crippen LogP contribution in [-0.4, -0.2) is 33.0 Å². The molecule has 0 atom stereocenters. The van der Waals surface area contributed by atoms with Gasteiger partial charge in [-0.2, -0.15) is 5.10 Å². The maximum absolute atomic E-state index is 6.12. The van der Waals surface area contributed by atoms with Crippen LogP contribution in [-0.2, 0) is 23.7 Å². The van der Waals surface area contributed by atoms with E-state index in [1.54, 1.807) is 7.11 Å². The molecule has 1 aliphatic carbocycles. The Bertz CT molecular complexity index is 642. The number of nitrogens with zero attached hydrogens (tertiary/aromatic N) is 4. The number of imidazole rings is 1. The Balaban J connectivity index is 2.00. The maximum atomic E-state index is 6.12. The fourth-order valence-corrected chi connectivity index (χ4v) is 3.28. The van der Waals surface area contributed by atoms with Crippen molar-refractivity contribution in [3.05, 3.63) is 11.5 Å². The lowest BCUT2D eigenvalue weighted by Gasteiger charge is -2.18. The maximum Gasteiger partial charge on any atom is 0.158 e. The van der Waals surface area contributed by atoms with Crippen LogP contribution in [0.2, 0.25) is 0 Å². The van der Waals surface area contributed by atoms with Crippen molar-refractivity contribution >= 4 is 22.8 Å². The van der Waals surface area contributed by atoms with Crippen molar-refractivity contribution in [2.24, 2.45) is 5.41 Å². The summed E-state index contributed by atoms with van der Waals surface area (Å²) in [5.41, 5.74) is 3.46. The summed E-state index contributed by atoms with van der Waals surface area (Å²) >= 11 is 6.12. The van der Waals surface area contributed by atoms with Crippen LogP contribution < -0.4 is 0 Å². The molecule has 5 nitrogen and oxygen atoms in total. The van der Waals surface area contributed by atoms with Gasteiger partial charge in [-0.25, -0.2) is 9.67 Å². The molecule has 6 heteroatoms. The van der Waals surface area contributed by atoms with E-state index < -0.39 is 0 Å². The molecule has 0 N–H and O–H groups in total. The number of methoxy groups -OCH3 is 1. The summed E-state index contributed by atoms with van der Waals surface area (Å²) in [5.74, 6) is 1.40. The van der Waals surface area contributed by atoms with Gasteiger partial charge in [0.15, 0.2) is 5.65 Å². The van der Waals surface area contributed by atoms with Crippen molar-refractivity contribution in [3.63, 3.8) is 0 Å². The van der Waals surface area contributed by atoms with Crippen molar-refractivity contribution in [1.29, 1.82) is 0 Å². The number of alkyl halides is 1. The monoisotopic (exact) mass is 310 g/mol. The fraction of sp³-hybridized carbons (Fsp3) is 0.733. The van der Waals surface area contributed by atoms with Crippen LogP contribution >= 0.6 is 11.6 Å². The van der Waals surface area contributed by atoms with Gasteiger partial charge in [0.25, 0.3) is 0 Å². The molecule has 0 aliphatic heterocycles. The number of rotatable bonds is 7. The molecule has 3 rings (SSSR count). The Kier molecular flexibility index (Phi) is 3.97. The zero-order valence-electron chi connectivity index (χ0n) is 13.0. The second-order valence-corrected chi connectivity index (χ2v) is 6.33. The largest absolute Gasteiger partial charge is 0.385 e. The third-order valence-corrected chi connectivity index (χ3v) is 4.82. The van der Waals surface area contributed by atoms with Gasteiger partial charge in [-0.15, -0.1) is 11.6 Å². The molecule has 0 saturated heterocycles. The van der Waals surface area contributed by atoms with Crippen LogP contribution in [0.15, 0.2) is 0 Å². The van der Waals surface area contributed by atoms with Gasteiger partial charge in [0.2, 0.25) is 0 Å². The Morgan fingerprint density at radius 1 is 1.38 bits per heavy atom. The fourth-order valence-electron chi connectivity index (χ4n) is 3.08. The summed E-state index contributed by atoms with van der Waals surface area (Å²) < 4.78 is 9.59. The topological polar surface area (TPSA) is 44.9 Å². The lowest BCUT2D eigenvalue weighted by atomic mass is 10.0. The highest BCUT2D eigenvalue weighted by atomic mass is 35.5. The first kappa shape index (κ1) is 14.9. The van der Waals surface area contributed by atoms with E-state index in [1.807, 2.05) is 11.6 Å². The van der Waals surface area contributed by atoms with E-state index in [-0.39, 0.29) is 0 Å². The summed E-state index contributed by atoms with van der Waals surface area (Å²) in [7, 11) is 1.77. The predicted octanol–water partition coefficient (Wildman–Crippen LogP) is 3.12. The van der Waals surface area contributed by atoms with Gasteiger partial charge in [-0.3, -0.25) is 0 Å². The Labute approximate surface area is 130 Å². The number of halogens is 1. The second kappa shape index (κ2) is 5.61. The highest BCUT2D eigenvalue weighted by Gasteiger charge is 2.43. The van der Waals surface area contributed by atoms with Gasteiger partial charge in [-0.05, 0) is 38.5 Å². The van der Waals surface area contributed by atoms with E-state index in [4.69, 9.17) is 21.3 Å². The molecule has 0 aromatic carbocycles. The standard InChI is InChI=1S/C15H23ClN4O/c1-4-20-14-13(11(2)18-20)17-12(9-16)19(14)10-15(5-6-15)7-8-21-3/h4-10H2,1-3H3. The summed E-state index contributed by atoms with van der Waals surface area (Å²) in [5, 5.41) is 4.58. The van der Waals surface area contributed by atoms with Crippen LogP contribution in [0.1, 0.15) is 37.7 Å². The molecule has 2 aromatic heterocycles. The SMILES string of the molecule is CCn1nc(C)c2nc(CCl)n(CC3(CCOC)CC3)c21. The molecule has 1 fully saturated rings. The van der Waals surface area contributed by atoms with Crippen molar-refractivity contribution in [2.75, 3.05) is 13.7 Å². The Morgan fingerprint density at radius 3 is 2.71 bits per heavy atom. The molecular weight excluding hydrogens is 288 g/mol. The zero-order chi connectivity index (χ0) is 15.0. The normalized spacial score (nSPS) is 16.8. The van der Waals surface area contributed by atoms with Crippen molar-refractivity contribution in [2.45, 2.75) is 52.1 Å². The second-order valence-electron chi connectivity index (χ2n) is 6.06. The molecule has 21 heavy (non-hydrogen) atoms. The molecule has 2 aromatic rings. The Morgan fingerprint density at radius 2 is 2.14 bits per heavy atom. The number of hydrogen-bond donors (Lipinski definition) is 0. The van der Waals surface area contributed by atoms with E-state index in [0.29, 0.717) is 11.3 Å². The third kappa shape index (κ3) is 2.57. The molecule has 0 amide bonds. The van der Waals surface area contributed by atoms with E-state index >= 15 is 0 Å². The molecule has 116 valence electrons. The molecule has 0 bridgehead atoms.